The fourth-order valence-corrected chi connectivity index (χ4v) is 4.32. The zero-order chi connectivity index (χ0) is 25.8. The molecule has 2 aromatic carbocycles. The summed E-state index contributed by atoms with van der Waals surface area (Å²) in [6.07, 6.45) is 3.10. The highest BCUT2D eigenvalue weighted by Gasteiger charge is 2.46. The van der Waals surface area contributed by atoms with E-state index in [1.807, 2.05) is 0 Å². The molecule has 1 unspecified atom stereocenters. The zero-order valence-corrected chi connectivity index (χ0v) is 20.4. The number of hydrogen-bond acceptors (Lipinski definition) is 7. The molecule has 184 valence electrons. The Labute approximate surface area is 212 Å². The summed E-state index contributed by atoms with van der Waals surface area (Å²) in [5.41, 5.74) is 1.89. The van der Waals surface area contributed by atoms with Crippen LogP contribution < -0.4 is 4.74 Å². The summed E-state index contributed by atoms with van der Waals surface area (Å²) in [7, 11) is 1.47. The van der Waals surface area contributed by atoms with Crippen LogP contribution in [0.2, 0.25) is 5.02 Å². The number of Topliss-reactive ketones (excluding diaryl/α,β-unsaturated/α-hetero) is 1. The molecule has 1 aliphatic heterocycles. The molecule has 8 nitrogen and oxygen atoms in total. The maximum Gasteiger partial charge on any atom is 0.338 e. The number of carbonyl (C=O) groups is 3. The van der Waals surface area contributed by atoms with Gasteiger partial charge in [0.15, 0.2) is 0 Å². The maximum absolute atomic E-state index is 13.2. The number of hydrogen-bond donors (Lipinski definition) is 1. The fourth-order valence-electron chi connectivity index (χ4n) is 4.06. The summed E-state index contributed by atoms with van der Waals surface area (Å²) in [6, 6.07) is 13.7. The third kappa shape index (κ3) is 4.81. The first-order valence-corrected chi connectivity index (χ1v) is 11.5. The Balaban J connectivity index is 1.75. The summed E-state index contributed by atoms with van der Waals surface area (Å²) in [6.45, 7) is 2.05. The average molecular weight is 507 g/mol. The first-order valence-electron chi connectivity index (χ1n) is 11.1. The van der Waals surface area contributed by atoms with E-state index in [1.165, 1.54) is 18.1 Å². The number of nitrogens with zero attached hydrogens (tertiary/aromatic N) is 2. The lowest BCUT2D eigenvalue weighted by Gasteiger charge is -2.25. The molecule has 1 N–H and O–H groups in total. The molecule has 2 heterocycles. The number of pyridine rings is 1. The van der Waals surface area contributed by atoms with Crippen molar-refractivity contribution in [1.29, 1.82) is 0 Å². The van der Waals surface area contributed by atoms with Gasteiger partial charge in [0.25, 0.3) is 11.7 Å². The Morgan fingerprint density at radius 1 is 1.06 bits per heavy atom. The lowest BCUT2D eigenvalue weighted by molar-refractivity contribution is -0.140. The van der Waals surface area contributed by atoms with Crippen molar-refractivity contribution in [3.05, 3.63) is 99.8 Å². The molecule has 0 saturated carbocycles. The number of amides is 1. The van der Waals surface area contributed by atoms with E-state index in [0.717, 1.165) is 0 Å². The summed E-state index contributed by atoms with van der Waals surface area (Å²) < 4.78 is 10.2. The predicted octanol–water partition coefficient (Wildman–Crippen LogP) is 4.54. The topological polar surface area (TPSA) is 106 Å². The highest BCUT2D eigenvalue weighted by molar-refractivity contribution is 6.46. The van der Waals surface area contributed by atoms with Gasteiger partial charge in [-0.2, -0.15) is 0 Å². The van der Waals surface area contributed by atoms with Crippen LogP contribution in [0.5, 0.6) is 5.75 Å². The van der Waals surface area contributed by atoms with Gasteiger partial charge in [-0.1, -0.05) is 23.7 Å². The van der Waals surface area contributed by atoms with Gasteiger partial charge in [0, 0.05) is 24.5 Å². The van der Waals surface area contributed by atoms with Gasteiger partial charge in [-0.15, -0.1) is 0 Å². The highest BCUT2D eigenvalue weighted by Crippen LogP contribution is 2.41. The van der Waals surface area contributed by atoms with Crippen LogP contribution >= 0.6 is 11.6 Å². The van der Waals surface area contributed by atoms with Crippen molar-refractivity contribution in [1.82, 2.24) is 9.88 Å². The molecule has 0 radical (unpaired) electrons. The van der Waals surface area contributed by atoms with E-state index in [2.05, 4.69) is 4.98 Å². The fraction of sp³-hybridized carbons (Fsp3) is 0.185. The van der Waals surface area contributed by atoms with Gasteiger partial charge in [0.2, 0.25) is 0 Å². The van der Waals surface area contributed by atoms with Gasteiger partial charge < -0.3 is 19.5 Å². The smallest absolute Gasteiger partial charge is 0.338 e. The molecule has 9 heteroatoms. The quantitative estimate of drug-likeness (QED) is 0.217. The van der Waals surface area contributed by atoms with E-state index in [9.17, 15) is 19.5 Å². The SMILES string of the molecule is CCOC(=O)c1ccc(CN2C(=O)C(=O)/C(=C(\O)c3ccc(OC)c(Cl)c3)C2c2ccncc2)cc1. The normalized spacial score (nSPS) is 16.8. The van der Waals surface area contributed by atoms with Crippen LogP contribution in [0.3, 0.4) is 0 Å². The standard InChI is InChI=1S/C27H23ClN2O6/c1-3-36-27(34)18-6-4-16(5-7-18)15-30-23(17-10-12-29-13-11-17)22(25(32)26(30)33)24(31)19-8-9-21(35-2)20(28)14-19/h4-14,23,31H,3,15H2,1-2H3/b24-22-. The number of carbonyl (C=O) groups excluding carboxylic acids is 3. The van der Waals surface area contributed by atoms with Crippen LogP contribution in [-0.2, 0) is 20.9 Å². The van der Waals surface area contributed by atoms with Crippen molar-refractivity contribution in [2.45, 2.75) is 19.5 Å². The average Bonchev–Trinajstić information content (AvgIpc) is 3.14. The number of likely N-dealkylation sites (tertiary alicyclic amines) is 1. The van der Waals surface area contributed by atoms with Gasteiger partial charge in [-0.05, 0) is 60.5 Å². The molecule has 0 aliphatic carbocycles. The Morgan fingerprint density at radius 3 is 2.33 bits per heavy atom. The first-order chi connectivity index (χ1) is 17.3. The van der Waals surface area contributed by atoms with Crippen LogP contribution in [0.4, 0.5) is 0 Å². The lowest BCUT2D eigenvalue weighted by Crippen LogP contribution is -2.29. The summed E-state index contributed by atoms with van der Waals surface area (Å²) in [4.78, 5) is 43.7. The molecule has 4 rings (SSSR count). The first kappa shape index (κ1) is 24.9. The third-order valence-corrected chi connectivity index (χ3v) is 6.10. The largest absolute Gasteiger partial charge is 0.507 e. The number of aliphatic hydroxyl groups excluding tert-OH is 1. The third-order valence-electron chi connectivity index (χ3n) is 5.81. The summed E-state index contributed by atoms with van der Waals surface area (Å²) in [5, 5.41) is 11.4. The van der Waals surface area contributed by atoms with E-state index in [4.69, 9.17) is 21.1 Å². The van der Waals surface area contributed by atoms with Gasteiger partial charge in [0.05, 0.1) is 35.9 Å². The number of rotatable bonds is 7. The second kappa shape index (κ2) is 10.6. The number of aromatic nitrogens is 1. The number of halogens is 1. The van der Waals surface area contributed by atoms with E-state index in [-0.39, 0.29) is 35.1 Å². The van der Waals surface area contributed by atoms with Gasteiger partial charge >= 0.3 is 5.97 Å². The number of esters is 1. The minimum absolute atomic E-state index is 0.0597. The van der Waals surface area contributed by atoms with Crippen molar-refractivity contribution in [3.63, 3.8) is 0 Å². The van der Waals surface area contributed by atoms with Crippen LogP contribution in [0.1, 0.15) is 40.0 Å². The zero-order valence-electron chi connectivity index (χ0n) is 19.6. The Hall–Kier alpha value is -4.17. The minimum atomic E-state index is -0.862. The lowest BCUT2D eigenvalue weighted by atomic mass is 9.95. The number of benzene rings is 2. The molecule has 0 bridgehead atoms. The van der Waals surface area contributed by atoms with Crippen molar-refractivity contribution in [3.8, 4) is 5.75 Å². The van der Waals surface area contributed by atoms with Crippen molar-refractivity contribution >= 4 is 35.0 Å². The summed E-state index contributed by atoms with van der Waals surface area (Å²) >= 11 is 6.23. The van der Waals surface area contributed by atoms with Crippen molar-refractivity contribution in [2.75, 3.05) is 13.7 Å². The van der Waals surface area contributed by atoms with E-state index in [1.54, 1.807) is 67.8 Å². The molecule has 1 aromatic heterocycles. The molecule has 36 heavy (non-hydrogen) atoms. The molecule has 1 saturated heterocycles. The predicted molar refractivity (Wildman–Crippen MR) is 132 cm³/mol. The molecule has 1 aliphatic rings. The molecule has 1 atom stereocenters. The van der Waals surface area contributed by atoms with Crippen molar-refractivity contribution < 1.29 is 29.0 Å². The Kier molecular flexibility index (Phi) is 7.36. The van der Waals surface area contributed by atoms with E-state index < -0.39 is 23.7 Å². The molecule has 1 amide bonds. The van der Waals surface area contributed by atoms with Crippen LogP contribution in [0.25, 0.3) is 5.76 Å². The molecular formula is C27H23ClN2O6. The second-order valence-electron chi connectivity index (χ2n) is 7.97. The summed E-state index contributed by atoms with van der Waals surface area (Å²) in [5.74, 6) is -1.96. The maximum atomic E-state index is 13.2. The molecule has 0 spiro atoms. The minimum Gasteiger partial charge on any atom is -0.507 e. The number of ketones is 1. The van der Waals surface area contributed by atoms with E-state index in [0.29, 0.717) is 22.4 Å². The Morgan fingerprint density at radius 2 is 1.72 bits per heavy atom. The van der Waals surface area contributed by atoms with Gasteiger partial charge in [-0.25, -0.2) is 4.79 Å². The number of ether oxygens (including phenoxy) is 2. The Bertz CT molecular complexity index is 1340. The van der Waals surface area contributed by atoms with Gasteiger partial charge in [0.1, 0.15) is 11.5 Å². The molecule has 1 fully saturated rings. The molecule has 3 aromatic rings. The number of methoxy groups -OCH3 is 1. The van der Waals surface area contributed by atoms with Crippen LogP contribution in [0.15, 0.2) is 72.6 Å². The van der Waals surface area contributed by atoms with Crippen LogP contribution in [0, 0.1) is 0 Å². The van der Waals surface area contributed by atoms with E-state index >= 15 is 0 Å². The van der Waals surface area contributed by atoms with Gasteiger partial charge in [-0.3, -0.25) is 14.6 Å². The second-order valence-corrected chi connectivity index (χ2v) is 8.38. The van der Waals surface area contributed by atoms with Crippen LogP contribution in [-0.4, -0.2) is 46.4 Å². The number of aliphatic hydroxyl groups is 1. The highest BCUT2D eigenvalue weighted by atomic mass is 35.5. The van der Waals surface area contributed by atoms with Crippen molar-refractivity contribution in [2.24, 2.45) is 0 Å². The monoisotopic (exact) mass is 506 g/mol. The molecular weight excluding hydrogens is 484 g/mol.